The van der Waals surface area contributed by atoms with Gasteiger partial charge in [-0.2, -0.15) is 5.26 Å². The first-order chi connectivity index (χ1) is 7.29. The molecule has 0 fully saturated rings. The highest BCUT2D eigenvalue weighted by Crippen LogP contribution is 2.25. The maximum absolute atomic E-state index is 8.80. The van der Waals surface area contributed by atoms with Crippen molar-refractivity contribution >= 4 is 0 Å². The SMILES string of the molecule is N#Cc1cccc(C2C=CC(N)=CC2)c1. The second-order valence-electron chi connectivity index (χ2n) is 3.64. The van der Waals surface area contributed by atoms with Crippen molar-refractivity contribution in [2.24, 2.45) is 5.73 Å². The zero-order valence-electron chi connectivity index (χ0n) is 8.35. The van der Waals surface area contributed by atoms with Gasteiger partial charge in [-0.3, -0.25) is 0 Å². The second kappa shape index (κ2) is 4.02. The molecule has 2 rings (SSSR count). The number of nitrogens with zero attached hydrogens (tertiary/aromatic N) is 1. The molecule has 1 aliphatic carbocycles. The van der Waals surface area contributed by atoms with E-state index < -0.39 is 0 Å². The van der Waals surface area contributed by atoms with Gasteiger partial charge in [0.05, 0.1) is 11.6 Å². The first kappa shape index (κ1) is 9.54. The van der Waals surface area contributed by atoms with E-state index in [2.05, 4.69) is 12.1 Å². The summed E-state index contributed by atoms with van der Waals surface area (Å²) in [4.78, 5) is 0. The molecule has 0 aliphatic heterocycles. The maximum Gasteiger partial charge on any atom is 0.0991 e. The highest BCUT2D eigenvalue weighted by molar-refractivity contribution is 5.38. The van der Waals surface area contributed by atoms with E-state index in [1.165, 1.54) is 5.56 Å². The van der Waals surface area contributed by atoms with Crippen molar-refractivity contribution in [2.75, 3.05) is 0 Å². The Hall–Kier alpha value is -2.01. The van der Waals surface area contributed by atoms with Crippen molar-refractivity contribution in [1.29, 1.82) is 5.26 Å². The summed E-state index contributed by atoms with van der Waals surface area (Å²) in [6.07, 6.45) is 6.94. The molecule has 2 nitrogen and oxygen atoms in total. The number of rotatable bonds is 1. The van der Waals surface area contributed by atoms with Crippen molar-refractivity contribution in [3.05, 3.63) is 59.3 Å². The van der Waals surface area contributed by atoms with Crippen LogP contribution in [0.4, 0.5) is 0 Å². The molecule has 2 N–H and O–H groups in total. The van der Waals surface area contributed by atoms with Crippen molar-refractivity contribution in [1.82, 2.24) is 0 Å². The van der Waals surface area contributed by atoms with Crippen LogP contribution in [0.5, 0.6) is 0 Å². The van der Waals surface area contributed by atoms with Crippen LogP contribution in [-0.4, -0.2) is 0 Å². The smallest absolute Gasteiger partial charge is 0.0991 e. The number of hydrogen-bond donors (Lipinski definition) is 1. The third-order valence-corrected chi connectivity index (χ3v) is 2.57. The molecule has 0 amide bonds. The first-order valence-corrected chi connectivity index (χ1v) is 4.93. The molecule has 1 aromatic carbocycles. The average Bonchev–Trinajstić information content (AvgIpc) is 2.30. The molecule has 0 aromatic heterocycles. The van der Waals surface area contributed by atoms with Gasteiger partial charge in [-0.15, -0.1) is 0 Å². The van der Waals surface area contributed by atoms with Gasteiger partial charge in [0.1, 0.15) is 0 Å². The lowest BCUT2D eigenvalue weighted by Crippen LogP contribution is -2.03. The topological polar surface area (TPSA) is 49.8 Å². The Balaban J connectivity index is 2.25. The van der Waals surface area contributed by atoms with E-state index >= 15 is 0 Å². The van der Waals surface area contributed by atoms with Gasteiger partial charge in [0.2, 0.25) is 0 Å². The summed E-state index contributed by atoms with van der Waals surface area (Å²) in [7, 11) is 0. The van der Waals surface area contributed by atoms with Crippen LogP contribution in [0.2, 0.25) is 0 Å². The van der Waals surface area contributed by atoms with E-state index in [9.17, 15) is 0 Å². The van der Waals surface area contributed by atoms with E-state index in [4.69, 9.17) is 11.0 Å². The van der Waals surface area contributed by atoms with E-state index in [1.54, 1.807) is 0 Å². The fraction of sp³-hybridized carbons (Fsp3) is 0.154. The average molecular weight is 196 g/mol. The van der Waals surface area contributed by atoms with Gasteiger partial charge in [0.15, 0.2) is 0 Å². The van der Waals surface area contributed by atoms with Gasteiger partial charge in [0.25, 0.3) is 0 Å². The molecular weight excluding hydrogens is 184 g/mol. The molecule has 0 saturated heterocycles. The van der Waals surface area contributed by atoms with Gasteiger partial charge >= 0.3 is 0 Å². The van der Waals surface area contributed by atoms with Crippen LogP contribution in [0, 0.1) is 11.3 Å². The molecule has 1 atom stereocenters. The summed E-state index contributed by atoms with van der Waals surface area (Å²) in [6.45, 7) is 0. The summed E-state index contributed by atoms with van der Waals surface area (Å²) in [5, 5.41) is 8.80. The van der Waals surface area contributed by atoms with Crippen LogP contribution >= 0.6 is 0 Å². The highest BCUT2D eigenvalue weighted by Gasteiger charge is 2.10. The Morgan fingerprint density at radius 2 is 2.27 bits per heavy atom. The first-order valence-electron chi connectivity index (χ1n) is 4.93. The number of nitriles is 1. The van der Waals surface area contributed by atoms with Crippen molar-refractivity contribution < 1.29 is 0 Å². The van der Waals surface area contributed by atoms with Crippen LogP contribution in [0.3, 0.4) is 0 Å². The maximum atomic E-state index is 8.80. The van der Waals surface area contributed by atoms with E-state index in [0.717, 1.165) is 12.1 Å². The van der Waals surface area contributed by atoms with E-state index in [0.29, 0.717) is 11.5 Å². The molecule has 1 aromatic rings. The molecule has 0 spiro atoms. The van der Waals surface area contributed by atoms with Crippen molar-refractivity contribution in [3.8, 4) is 6.07 Å². The number of benzene rings is 1. The summed E-state index contributed by atoms with van der Waals surface area (Å²) in [6, 6.07) is 9.87. The largest absolute Gasteiger partial charge is 0.399 e. The summed E-state index contributed by atoms with van der Waals surface area (Å²) in [5.41, 5.74) is 8.36. The molecule has 0 saturated carbocycles. The normalized spacial score (nSPS) is 19.4. The molecule has 0 radical (unpaired) electrons. The number of hydrogen-bond acceptors (Lipinski definition) is 2. The van der Waals surface area contributed by atoms with Gasteiger partial charge < -0.3 is 5.73 Å². The molecular formula is C13H12N2. The van der Waals surface area contributed by atoms with Crippen LogP contribution in [0.1, 0.15) is 23.5 Å². The lowest BCUT2D eigenvalue weighted by molar-refractivity contribution is 0.842. The zero-order chi connectivity index (χ0) is 10.7. The van der Waals surface area contributed by atoms with Crippen molar-refractivity contribution in [3.63, 3.8) is 0 Å². The second-order valence-corrected chi connectivity index (χ2v) is 3.64. The minimum absolute atomic E-state index is 0.352. The monoisotopic (exact) mass is 196 g/mol. The van der Waals surface area contributed by atoms with Gasteiger partial charge in [0, 0.05) is 11.6 Å². The van der Waals surface area contributed by atoms with E-state index in [-0.39, 0.29) is 0 Å². The van der Waals surface area contributed by atoms with Gasteiger partial charge in [-0.1, -0.05) is 24.3 Å². The Bertz CT molecular complexity index is 464. The lowest BCUT2D eigenvalue weighted by Gasteiger charge is -2.15. The Morgan fingerprint density at radius 3 is 2.93 bits per heavy atom. The third kappa shape index (κ3) is 2.08. The Labute approximate surface area is 89.3 Å². The molecule has 0 bridgehead atoms. The highest BCUT2D eigenvalue weighted by atomic mass is 14.6. The molecule has 1 aliphatic rings. The van der Waals surface area contributed by atoms with Crippen molar-refractivity contribution in [2.45, 2.75) is 12.3 Å². The predicted octanol–water partition coefficient (Wildman–Crippen LogP) is 2.44. The van der Waals surface area contributed by atoms with Gasteiger partial charge in [-0.05, 0) is 30.2 Å². The zero-order valence-corrected chi connectivity index (χ0v) is 8.35. The Kier molecular flexibility index (Phi) is 2.55. The summed E-state index contributed by atoms with van der Waals surface area (Å²) < 4.78 is 0. The minimum atomic E-state index is 0.352. The molecule has 0 heterocycles. The lowest BCUT2D eigenvalue weighted by atomic mass is 9.91. The quantitative estimate of drug-likeness (QED) is 0.750. The molecule has 1 unspecified atom stereocenters. The number of allylic oxidation sites excluding steroid dienone is 3. The fourth-order valence-corrected chi connectivity index (χ4v) is 1.72. The minimum Gasteiger partial charge on any atom is -0.399 e. The molecule has 2 heteroatoms. The third-order valence-electron chi connectivity index (χ3n) is 2.57. The molecule has 74 valence electrons. The summed E-state index contributed by atoms with van der Waals surface area (Å²) in [5.74, 6) is 0.352. The van der Waals surface area contributed by atoms with Crippen LogP contribution in [-0.2, 0) is 0 Å². The Morgan fingerprint density at radius 1 is 1.40 bits per heavy atom. The van der Waals surface area contributed by atoms with Crippen LogP contribution in [0.15, 0.2) is 48.2 Å². The standard InChI is InChI=1S/C13H12N2/c14-9-10-2-1-3-12(8-10)11-4-6-13(15)7-5-11/h1-4,6-8,11H,5,15H2. The summed E-state index contributed by atoms with van der Waals surface area (Å²) >= 11 is 0. The van der Waals surface area contributed by atoms with E-state index in [1.807, 2.05) is 36.4 Å². The molecule has 15 heavy (non-hydrogen) atoms. The predicted molar refractivity (Wildman–Crippen MR) is 59.9 cm³/mol. The van der Waals surface area contributed by atoms with Gasteiger partial charge in [-0.25, -0.2) is 0 Å². The fourth-order valence-electron chi connectivity index (χ4n) is 1.72. The number of nitrogens with two attached hydrogens (primary N) is 1. The van der Waals surface area contributed by atoms with Crippen LogP contribution in [0.25, 0.3) is 0 Å². The van der Waals surface area contributed by atoms with Crippen LogP contribution < -0.4 is 5.73 Å².